The van der Waals surface area contributed by atoms with Crippen LogP contribution in [0.3, 0.4) is 0 Å². The van der Waals surface area contributed by atoms with Crippen LogP contribution in [-0.2, 0) is 5.41 Å². The summed E-state index contributed by atoms with van der Waals surface area (Å²) in [5, 5.41) is 0. The molecule has 4 unspecified atom stereocenters. The van der Waals surface area contributed by atoms with E-state index in [0.29, 0.717) is 11.8 Å². The molecule has 42 heavy (non-hydrogen) atoms. The van der Waals surface area contributed by atoms with Gasteiger partial charge in [-0.2, -0.15) is 18.8 Å². The second kappa shape index (κ2) is 12.1. The van der Waals surface area contributed by atoms with E-state index < -0.39 is 10.0 Å². The van der Waals surface area contributed by atoms with E-state index in [4.69, 9.17) is 8.75 Å². The molecule has 5 heterocycles. The summed E-state index contributed by atoms with van der Waals surface area (Å²) in [6, 6.07) is 9.98. The standard InChI is InChI=1S/C36H48N2S4/c1-8-11-13-24(10-3)21-42-22-25(14-12-9-2)16-15-23(4)28-19-30(42)34(39-28)35-31(42)20-29(40-35)26-17-18-27(36(5,6)7)33-32(26)37-41-38-33/h15-20,23-25H,8-14,21-22H2,1-7H3/b16-15+. The van der Waals surface area contributed by atoms with Crippen molar-refractivity contribution < 1.29 is 0 Å². The molecule has 226 valence electrons. The quantitative estimate of drug-likeness (QED) is 0.162. The molecule has 0 N–H and O–H groups in total. The van der Waals surface area contributed by atoms with Crippen LogP contribution in [0.2, 0.25) is 0 Å². The zero-order chi connectivity index (χ0) is 29.6. The third-order valence-electron chi connectivity index (χ3n) is 9.56. The Balaban J connectivity index is 1.54. The Hall–Kier alpha value is -1.47. The number of nitrogens with zero attached hydrogens (tertiary/aromatic N) is 2. The molecule has 3 aromatic heterocycles. The highest BCUT2D eigenvalue weighted by atomic mass is 32.3. The van der Waals surface area contributed by atoms with Gasteiger partial charge in [0, 0.05) is 31.0 Å². The molecule has 0 saturated carbocycles. The molecule has 6 heteroatoms. The molecule has 2 aliphatic heterocycles. The van der Waals surface area contributed by atoms with Gasteiger partial charge >= 0.3 is 0 Å². The number of hydrogen-bond donors (Lipinski definition) is 0. The maximum Gasteiger partial charge on any atom is 0.113 e. The van der Waals surface area contributed by atoms with Gasteiger partial charge in [0.25, 0.3) is 0 Å². The van der Waals surface area contributed by atoms with Crippen molar-refractivity contribution in [1.29, 1.82) is 0 Å². The fourth-order valence-electron chi connectivity index (χ4n) is 7.02. The van der Waals surface area contributed by atoms with E-state index >= 15 is 0 Å². The van der Waals surface area contributed by atoms with E-state index in [1.807, 2.05) is 11.3 Å². The molecule has 0 aliphatic carbocycles. The Morgan fingerprint density at radius 2 is 1.67 bits per heavy atom. The Kier molecular flexibility index (Phi) is 8.83. The van der Waals surface area contributed by atoms with Gasteiger partial charge in [0.05, 0.1) is 21.5 Å². The van der Waals surface area contributed by atoms with Gasteiger partial charge in [-0.1, -0.05) is 105 Å². The average molecular weight is 637 g/mol. The highest BCUT2D eigenvalue weighted by molar-refractivity contribution is 8.34. The summed E-state index contributed by atoms with van der Waals surface area (Å²) in [5.74, 6) is 4.63. The first-order valence-corrected chi connectivity index (χ1v) is 20.5. The lowest BCUT2D eigenvalue weighted by molar-refractivity contribution is 0.496. The van der Waals surface area contributed by atoms with Gasteiger partial charge in [0.15, 0.2) is 0 Å². The summed E-state index contributed by atoms with van der Waals surface area (Å²) in [5.41, 5.74) is 4.80. The van der Waals surface area contributed by atoms with E-state index in [1.165, 1.54) is 84.2 Å². The first-order valence-electron chi connectivity index (χ1n) is 16.2. The fraction of sp³-hybridized carbons (Fsp3) is 0.556. The number of allylic oxidation sites excluding steroid dienone is 2. The first kappa shape index (κ1) is 30.6. The molecule has 2 aliphatic rings. The molecule has 4 atom stereocenters. The van der Waals surface area contributed by atoms with E-state index in [-0.39, 0.29) is 5.41 Å². The minimum atomic E-state index is -1.15. The summed E-state index contributed by atoms with van der Waals surface area (Å²) in [7, 11) is -1.15. The highest BCUT2D eigenvalue weighted by Crippen LogP contribution is 2.77. The minimum Gasteiger partial charge on any atom is -0.184 e. The van der Waals surface area contributed by atoms with Crippen molar-refractivity contribution in [3.63, 3.8) is 0 Å². The number of fused-ring (bicyclic) bond motifs is 5. The molecule has 0 spiro atoms. The predicted octanol–water partition coefficient (Wildman–Crippen LogP) is 12.7. The van der Waals surface area contributed by atoms with Gasteiger partial charge in [-0.3, -0.25) is 0 Å². The van der Waals surface area contributed by atoms with Crippen LogP contribution in [0, 0.1) is 11.8 Å². The second-order valence-electron chi connectivity index (χ2n) is 13.7. The van der Waals surface area contributed by atoms with Crippen molar-refractivity contribution in [2.24, 2.45) is 11.8 Å². The largest absolute Gasteiger partial charge is 0.184 e. The van der Waals surface area contributed by atoms with E-state index in [1.54, 1.807) is 24.4 Å². The molecule has 0 radical (unpaired) electrons. The van der Waals surface area contributed by atoms with Crippen LogP contribution in [0.15, 0.2) is 46.2 Å². The molecular weight excluding hydrogens is 589 g/mol. The van der Waals surface area contributed by atoms with Gasteiger partial charge in [-0.15, -0.1) is 22.7 Å². The van der Waals surface area contributed by atoms with Crippen molar-refractivity contribution in [2.45, 2.75) is 115 Å². The fourth-order valence-corrected chi connectivity index (χ4v) is 16.3. The van der Waals surface area contributed by atoms with Gasteiger partial charge in [-0.25, -0.2) is 0 Å². The molecular formula is C36H48N2S4. The van der Waals surface area contributed by atoms with Crippen molar-refractivity contribution in [2.75, 3.05) is 11.5 Å². The monoisotopic (exact) mass is 636 g/mol. The normalized spacial score (nSPS) is 24.5. The minimum absolute atomic E-state index is 0.0461. The lowest BCUT2D eigenvalue weighted by Gasteiger charge is -2.42. The van der Waals surface area contributed by atoms with Crippen LogP contribution >= 0.6 is 44.4 Å². The van der Waals surface area contributed by atoms with Gasteiger partial charge in [0.1, 0.15) is 11.0 Å². The van der Waals surface area contributed by atoms with Gasteiger partial charge < -0.3 is 0 Å². The number of hydrogen-bond acceptors (Lipinski definition) is 5. The van der Waals surface area contributed by atoms with Gasteiger partial charge in [0.2, 0.25) is 0 Å². The molecule has 0 fully saturated rings. The number of benzene rings is 1. The van der Waals surface area contributed by atoms with E-state index in [0.717, 1.165) is 17.0 Å². The molecule has 0 amide bonds. The second-order valence-corrected chi connectivity index (χ2v) is 19.7. The zero-order valence-corrected chi connectivity index (χ0v) is 29.9. The number of unbranched alkanes of at least 4 members (excludes halogenated alkanes) is 2. The number of rotatable bonds is 10. The van der Waals surface area contributed by atoms with Crippen molar-refractivity contribution in [3.05, 3.63) is 46.9 Å². The summed E-state index contributed by atoms with van der Waals surface area (Å²) < 4.78 is 9.70. The Morgan fingerprint density at radius 3 is 2.40 bits per heavy atom. The van der Waals surface area contributed by atoms with Crippen LogP contribution in [0.25, 0.3) is 31.2 Å². The van der Waals surface area contributed by atoms with E-state index in [2.05, 4.69) is 96.2 Å². The molecule has 1 aromatic carbocycles. The molecule has 0 saturated heterocycles. The summed E-state index contributed by atoms with van der Waals surface area (Å²) in [6.07, 6.45) is 14.4. The summed E-state index contributed by atoms with van der Waals surface area (Å²) in [6.45, 7) is 16.4. The predicted molar refractivity (Wildman–Crippen MR) is 190 cm³/mol. The van der Waals surface area contributed by atoms with Crippen LogP contribution in [0.4, 0.5) is 0 Å². The van der Waals surface area contributed by atoms with Crippen LogP contribution in [-0.4, -0.2) is 20.3 Å². The molecule has 2 bridgehead atoms. The maximum atomic E-state index is 4.88. The Morgan fingerprint density at radius 1 is 0.929 bits per heavy atom. The Bertz CT molecular complexity index is 1580. The van der Waals surface area contributed by atoms with Crippen molar-refractivity contribution in [3.8, 4) is 20.2 Å². The van der Waals surface area contributed by atoms with Crippen molar-refractivity contribution >= 4 is 55.5 Å². The van der Waals surface area contributed by atoms with Crippen LogP contribution in [0.1, 0.15) is 110 Å². The topological polar surface area (TPSA) is 25.8 Å². The first-order chi connectivity index (χ1) is 20.2. The maximum absolute atomic E-state index is 4.88. The SMILES string of the molecule is CCCCC1/C=C/C(C)c2cc3c(s2)-c2sc(-c4ccc(C(C)(C)C)c5nsnc45)cc2S3(CC(CC)CCCC)C1. The third kappa shape index (κ3) is 5.37. The lowest BCUT2D eigenvalue weighted by atomic mass is 9.85. The molecule has 4 aromatic rings. The van der Waals surface area contributed by atoms with Crippen LogP contribution in [0.5, 0.6) is 0 Å². The highest BCUT2D eigenvalue weighted by Gasteiger charge is 2.45. The third-order valence-corrected chi connectivity index (χ3v) is 17.4. The zero-order valence-electron chi connectivity index (χ0n) is 26.6. The number of thiophene rings is 2. The van der Waals surface area contributed by atoms with Crippen LogP contribution < -0.4 is 0 Å². The smallest absolute Gasteiger partial charge is 0.113 e. The van der Waals surface area contributed by atoms with E-state index in [9.17, 15) is 0 Å². The molecule has 2 nitrogen and oxygen atoms in total. The lowest BCUT2D eigenvalue weighted by Crippen LogP contribution is -2.20. The van der Waals surface area contributed by atoms with Crippen molar-refractivity contribution in [1.82, 2.24) is 8.75 Å². The summed E-state index contributed by atoms with van der Waals surface area (Å²) in [4.78, 5) is 9.58. The summed E-state index contributed by atoms with van der Waals surface area (Å²) >= 11 is 5.50. The average Bonchev–Trinajstić information content (AvgIpc) is 3.75. The molecule has 6 rings (SSSR count). The Labute approximate surface area is 267 Å². The number of aromatic nitrogens is 2. The van der Waals surface area contributed by atoms with Gasteiger partial charge in [-0.05, 0) is 59.3 Å².